The fourth-order valence-corrected chi connectivity index (χ4v) is 1.73. The number of halogens is 2. The van der Waals surface area contributed by atoms with Crippen molar-refractivity contribution in [3.05, 3.63) is 23.8 Å². The summed E-state index contributed by atoms with van der Waals surface area (Å²) < 4.78 is 25.1. The summed E-state index contributed by atoms with van der Waals surface area (Å²) in [5.41, 5.74) is 1.20. The summed E-state index contributed by atoms with van der Waals surface area (Å²) in [5, 5.41) is 0. The fraction of sp³-hybridized carbons (Fsp3) is 0.692. The van der Waals surface area contributed by atoms with Crippen LogP contribution in [-0.2, 0) is 0 Å². The van der Waals surface area contributed by atoms with Gasteiger partial charge in [-0.3, -0.25) is 0 Å². The van der Waals surface area contributed by atoms with Gasteiger partial charge in [-0.05, 0) is 26.2 Å². The summed E-state index contributed by atoms with van der Waals surface area (Å²) in [6.45, 7) is 2.93. The molecule has 1 fully saturated rings. The number of allylic oxidation sites excluding steroid dienone is 4. The lowest BCUT2D eigenvalue weighted by Crippen LogP contribution is -2.11. The first-order valence-electron chi connectivity index (χ1n) is 5.71. The third-order valence-corrected chi connectivity index (χ3v) is 2.93. The second kappa shape index (κ2) is 5.43. The highest BCUT2D eigenvalue weighted by atomic mass is 19.3. The number of alkyl halides is 2. The Morgan fingerprint density at radius 3 is 2.47 bits per heavy atom. The Balaban J connectivity index is 2.33. The molecule has 0 aliphatic heterocycles. The Kier molecular flexibility index (Phi) is 4.49. The average molecular weight is 214 g/mol. The molecule has 0 aromatic heterocycles. The zero-order chi connectivity index (χ0) is 11.3. The molecule has 1 rings (SSSR count). The van der Waals surface area contributed by atoms with Crippen LogP contribution in [0.15, 0.2) is 23.8 Å². The van der Waals surface area contributed by atoms with Crippen molar-refractivity contribution in [3.8, 4) is 0 Å². The Bertz CT molecular complexity index is 242. The van der Waals surface area contributed by atoms with Gasteiger partial charge in [-0.1, -0.05) is 43.1 Å². The third kappa shape index (κ3) is 5.10. The van der Waals surface area contributed by atoms with E-state index < -0.39 is 5.92 Å². The highest BCUT2D eigenvalue weighted by molar-refractivity contribution is 5.19. The lowest BCUT2D eigenvalue weighted by molar-refractivity contribution is 0.0255. The van der Waals surface area contributed by atoms with Crippen LogP contribution in [-0.4, -0.2) is 5.92 Å². The zero-order valence-electron chi connectivity index (χ0n) is 9.60. The summed E-state index contributed by atoms with van der Waals surface area (Å²) in [4.78, 5) is 0. The van der Waals surface area contributed by atoms with Gasteiger partial charge in [0.15, 0.2) is 0 Å². The molecule has 15 heavy (non-hydrogen) atoms. The second-order valence-electron chi connectivity index (χ2n) is 4.54. The summed E-state index contributed by atoms with van der Waals surface area (Å²) in [7, 11) is 0. The molecule has 1 aliphatic carbocycles. The normalized spacial score (nSPS) is 19.6. The van der Waals surface area contributed by atoms with E-state index in [0.29, 0.717) is 0 Å². The van der Waals surface area contributed by atoms with Crippen molar-refractivity contribution in [1.82, 2.24) is 0 Å². The lowest BCUT2D eigenvalue weighted by Gasteiger charge is -2.25. The van der Waals surface area contributed by atoms with Gasteiger partial charge >= 0.3 is 0 Å². The zero-order valence-corrected chi connectivity index (χ0v) is 9.60. The van der Waals surface area contributed by atoms with Gasteiger partial charge in [-0.2, -0.15) is 0 Å². The third-order valence-electron chi connectivity index (χ3n) is 2.93. The maximum Gasteiger partial charge on any atom is 0.248 e. The van der Waals surface area contributed by atoms with Crippen LogP contribution < -0.4 is 0 Å². The minimum absolute atomic E-state index is 0.158. The predicted octanol–water partition coefficient (Wildman–Crippen LogP) is 4.72. The first-order chi connectivity index (χ1) is 7.01. The predicted molar refractivity (Wildman–Crippen MR) is 60.1 cm³/mol. The van der Waals surface area contributed by atoms with Gasteiger partial charge in [0.1, 0.15) is 0 Å². The van der Waals surface area contributed by atoms with Gasteiger partial charge in [0, 0.05) is 6.42 Å². The van der Waals surface area contributed by atoms with Crippen molar-refractivity contribution in [3.63, 3.8) is 0 Å². The van der Waals surface area contributed by atoms with E-state index in [0.717, 1.165) is 19.3 Å². The van der Waals surface area contributed by atoms with Crippen molar-refractivity contribution in [2.75, 3.05) is 0 Å². The number of rotatable bonds is 5. The molecule has 0 N–H and O–H groups in total. The first kappa shape index (κ1) is 12.4. The molecule has 0 spiro atoms. The minimum Gasteiger partial charge on any atom is -0.207 e. The molecule has 0 heterocycles. The molecule has 86 valence electrons. The number of hydrogen-bond donors (Lipinski definition) is 0. The van der Waals surface area contributed by atoms with Crippen LogP contribution in [0.3, 0.4) is 0 Å². The van der Waals surface area contributed by atoms with E-state index in [4.69, 9.17) is 0 Å². The molecular weight excluding hydrogens is 194 g/mol. The average Bonchev–Trinajstić information content (AvgIpc) is 2.05. The molecule has 0 amide bonds. The van der Waals surface area contributed by atoms with E-state index in [1.807, 2.05) is 19.1 Å². The Hall–Kier alpha value is -0.660. The first-order valence-corrected chi connectivity index (χ1v) is 5.71. The molecule has 0 aromatic rings. The molecule has 0 saturated heterocycles. The smallest absolute Gasteiger partial charge is 0.207 e. The van der Waals surface area contributed by atoms with E-state index in [2.05, 4.69) is 0 Å². The monoisotopic (exact) mass is 214 g/mol. The summed E-state index contributed by atoms with van der Waals surface area (Å²) in [6.07, 6.45) is 10.3. The summed E-state index contributed by atoms with van der Waals surface area (Å²) in [5.74, 6) is -1.78. The molecule has 1 saturated carbocycles. The van der Waals surface area contributed by atoms with Gasteiger partial charge in [0.2, 0.25) is 5.92 Å². The maximum absolute atomic E-state index is 12.5. The summed E-state index contributed by atoms with van der Waals surface area (Å²) >= 11 is 0. The molecule has 0 radical (unpaired) electrons. The maximum atomic E-state index is 12.5. The molecule has 0 aromatic carbocycles. The van der Waals surface area contributed by atoms with Gasteiger partial charge in [0.05, 0.1) is 0 Å². The molecule has 1 aliphatic rings. The Morgan fingerprint density at radius 2 is 2.07 bits per heavy atom. The van der Waals surface area contributed by atoms with Gasteiger partial charge < -0.3 is 0 Å². The van der Waals surface area contributed by atoms with E-state index in [1.54, 1.807) is 6.08 Å². The van der Waals surface area contributed by atoms with E-state index >= 15 is 0 Å². The Labute approximate surface area is 91.1 Å². The van der Waals surface area contributed by atoms with Crippen LogP contribution in [0.4, 0.5) is 8.78 Å². The van der Waals surface area contributed by atoms with E-state index in [9.17, 15) is 8.78 Å². The van der Waals surface area contributed by atoms with Crippen molar-refractivity contribution >= 4 is 0 Å². The molecule has 0 nitrogen and oxygen atoms in total. The molecule has 0 bridgehead atoms. The van der Waals surface area contributed by atoms with Gasteiger partial charge in [-0.25, -0.2) is 8.78 Å². The summed E-state index contributed by atoms with van der Waals surface area (Å²) in [6, 6.07) is 0. The molecule has 2 heteroatoms. The quantitative estimate of drug-likeness (QED) is 0.581. The SMILES string of the molecule is C/C=C(\C=C/CC(C)(F)F)CC1CCC1. The van der Waals surface area contributed by atoms with Crippen LogP contribution in [0.1, 0.15) is 46.0 Å². The van der Waals surface area contributed by atoms with Crippen LogP contribution >= 0.6 is 0 Å². The highest BCUT2D eigenvalue weighted by Crippen LogP contribution is 2.32. The topological polar surface area (TPSA) is 0 Å². The molecule has 0 unspecified atom stereocenters. The van der Waals surface area contributed by atoms with Gasteiger partial charge in [0.25, 0.3) is 0 Å². The second-order valence-corrected chi connectivity index (χ2v) is 4.54. The van der Waals surface area contributed by atoms with Crippen LogP contribution in [0.5, 0.6) is 0 Å². The highest BCUT2D eigenvalue weighted by Gasteiger charge is 2.19. The molecular formula is C13H20F2. The number of hydrogen-bond acceptors (Lipinski definition) is 0. The van der Waals surface area contributed by atoms with E-state index in [1.165, 1.54) is 24.8 Å². The van der Waals surface area contributed by atoms with Crippen LogP contribution in [0.25, 0.3) is 0 Å². The van der Waals surface area contributed by atoms with Crippen molar-refractivity contribution in [2.24, 2.45) is 5.92 Å². The van der Waals surface area contributed by atoms with Gasteiger partial charge in [-0.15, -0.1) is 0 Å². The van der Waals surface area contributed by atoms with Crippen molar-refractivity contribution in [2.45, 2.75) is 51.9 Å². The van der Waals surface area contributed by atoms with Crippen LogP contribution in [0, 0.1) is 5.92 Å². The minimum atomic E-state index is -2.58. The fourth-order valence-electron chi connectivity index (χ4n) is 1.73. The molecule has 0 atom stereocenters. The van der Waals surface area contributed by atoms with Crippen molar-refractivity contribution in [1.29, 1.82) is 0 Å². The van der Waals surface area contributed by atoms with Crippen LogP contribution in [0.2, 0.25) is 0 Å². The van der Waals surface area contributed by atoms with Crippen molar-refractivity contribution < 1.29 is 8.78 Å². The standard InChI is InChI=1S/C13H20F2/c1-3-11(10-12-6-4-7-12)8-5-9-13(2,14)15/h3,5,8,12H,4,6-7,9-10H2,1-2H3/b8-5-,11-3+. The largest absolute Gasteiger partial charge is 0.248 e. The van der Waals surface area contributed by atoms with E-state index in [-0.39, 0.29) is 6.42 Å². The lowest BCUT2D eigenvalue weighted by atomic mass is 9.80. The Morgan fingerprint density at radius 1 is 1.40 bits per heavy atom.